The maximum atomic E-state index is 12.1. The van der Waals surface area contributed by atoms with Crippen molar-refractivity contribution in [1.29, 1.82) is 0 Å². The molecule has 1 fully saturated rings. The van der Waals surface area contributed by atoms with Crippen molar-refractivity contribution in [2.75, 3.05) is 49.7 Å². The van der Waals surface area contributed by atoms with Crippen molar-refractivity contribution in [2.45, 2.75) is 13.8 Å². The van der Waals surface area contributed by atoms with Gasteiger partial charge >= 0.3 is 11.9 Å². The third-order valence-corrected chi connectivity index (χ3v) is 4.21. The number of anilines is 2. The molecule has 1 N–H and O–H groups in total. The lowest BCUT2D eigenvalue weighted by Gasteiger charge is -2.28. The molecule has 0 spiro atoms. The fourth-order valence-corrected chi connectivity index (χ4v) is 2.89. The fourth-order valence-electron chi connectivity index (χ4n) is 2.36. The summed E-state index contributed by atoms with van der Waals surface area (Å²) < 4.78 is 15.2. The lowest BCUT2D eigenvalue weighted by Crippen LogP contribution is -2.37. The molecule has 1 aromatic heterocycles. The number of aromatic nitrogens is 1. The van der Waals surface area contributed by atoms with Gasteiger partial charge in [0.25, 0.3) is 0 Å². The van der Waals surface area contributed by atoms with Crippen molar-refractivity contribution in [2.24, 2.45) is 0 Å². The van der Waals surface area contributed by atoms with Gasteiger partial charge in [0.05, 0.1) is 36.5 Å². The minimum absolute atomic E-state index is 0.0188. The molecule has 0 saturated carbocycles. The van der Waals surface area contributed by atoms with Crippen LogP contribution in [0.15, 0.2) is 22.7 Å². The highest BCUT2D eigenvalue weighted by Crippen LogP contribution is 2.27. The average molecular weight is 416 g/mol. The van der Waals surface area contributed by atoms with Gasteiger partial charge in [0.2, 0.25) is 0 Å². The maximum Gasteiger partial charge on any atom is 0.348 e. The van der Waals surface area contributed by atoms with E-state index < -0.39 is 11.9 Å². The summed E-state index contributed by atoms with van der Waals surface area (Å²) in [6.07, 6.45) is 0. The highest BCUT2D eigenvalue weighted by Gasteiger charge is 2.25. The maximum absolute atomic E-state index is 12.1. The Morgan fingerprint density at radius 3 is 2.37 bits per heavy atom. The zero-order valence-corrected chi connectivity index (χ0v) is 16.8. The van der Waals surface area contributed by atoms with Gasteiger partial charge in [-0.3, -0.25) is 0 Å². The third kappa shape index (κ3) is 5.75. The molecule has 0 aromatic carbocycles. The predicted molar refractivity (Wildman–Crippen MR) is 105 cm³/mol. The van der Waals surface area contributed by atoms with E-state index in [-0.39, 0.29) is 23.8 Å². The van der Waals surface area contributed by atoms with E-state index in [0.29, 0.717) is 43.0 Å². The predicted octanol–water partition coefficient (Wildman–Crippen LogP) is 2.25. The van der Waals surface area contributed by atoms with Gasteiger partial charge in [-0.2, -0.15) is 0 Å². The molecular weight excluding hydrogens is 394 g/mol. The number of esters is 2. The molecule has 1 aliphatic heterocycles. The number of hydrogen-bond acceptors (Lipinski definition) is 9. The van der Waals surface area contributed by atoms with Gasteiger partial charge in [0, 0.05) is 13.1 Å². The van der Waals surface area contributed by atoms with Crippen LogP contribution in [0.4, 0.5) is 11.6 Å². The Hall–Kier alpha value is -1.97. The second-order valence-electron chi connectivity index (χ2n) is 5.39. The zero-order chi connectivity index (χ0) is 19.8. The molecule has 2 rings (SSSR count). The van der Waals surface area contributed by atoms with Crippen LogP contribution in [-0.4, -0.2) is 56.4 Å². The van der Waals surface area contributed by atoms with E-state index >= 15 is 0 Å². The number of nitrogens with one attached hydrogen (secondary N) is 1. The molecule has 1 saturated heterocycles. The summed E-state index contributed by atoms with van der Waals surface area (Å²) in [7, 11) is 0. The number of rotatable bonds is 7. The number of hydrogen-bond donors (Lipinski definition) is 2. The summed E-state index contributed by atoms with van der Waals surface area (Å²) >= 11 is 10.5. The van der Waals surface area contributed by atoms with Crippen LogP contribution >= 0.6 is 24.2 Å². The van der Waals surface area contributed by atoms with E-state index in [2.05, 4.69) is 22.9 Å². The Kier molecular flexibility index (Phi) is 8.21. The van der Waals surface area contributed by atoms with Gasteiger partial charge in [-0.25, -0.2) is 14.6 Å². The minimum Gasteiger partial charge on any atom is -0.462 e. The molecule has 0 aliphatic carbocycles. The number of pyridine rings is 1. The normalized spacial score (nSPS) is 13.7. The second-order valence-corrected chi connectivity index (χ2v) is 6.25. The Labute approximate surface area is 168 Å². The van der Waals surface area contributed by atoms with Crippen LogP contribution in [0.3, 0.4) is 0 Å². The van der Waals surface area contributed by atoms with Crippen LogP contribution in [0.2, 0.25) is 5.02 Å². The lowest BCUT2D eigenvalue weighted by atomic mass is 10.3. The molecule has 0 atom stereocenters. The number of morpholine rings is 1. The van der Waals surface area contributed by atoms with E-state index in [9.17, 15) is 9.59 Å². The van der Waals surface area contributed by atoms with Crippen LogP contribution in [0, 0.1) is 0 Å². The van der Waals surface area contributed by atoms with Crippen molar-refractivity contribution in [3.05, 3.63) is 27.8 Å². The fraction of sp³-hybridized carbons (Fsp3) is 0.471. The topological polar surface area (TPSA) is 90.0 Å². The first-order chi connectivity index (χ1) is 13.0. The smallest absolute Gasteiger partial charge is 0.348 e. The molecule has 8 nitrogen and oxygen atoms in total. The zero-order valence-electron chi connectivity index (χ0n) is 15.2. The van der Waals surface area contributed by atoms with Crippen molar-refractivity contribution < 1.29 is 23.8 Å². The number of carbonyl (C=O) groups is 2. The number of halogens is 1. The molecular formula is C17H22ClN3O5S. The van der Waals surface area contributed by atoms with Crippen molar-refractivity contribution in [1.82, 2.24) is 4.98 Å². The molecule has 10 heteroatoms. The number of carbonyl (C=O) groups excluding carboxylic acids is 2. The van der Waals surface area contributed by atoms with Gasteiger partial charge in [0.15, 0.2) is 5.57 Å². The molecule has 0 amide bonds. The first kappa shape index (κ1) is 21.3. The van der Waals surface area contributed by atoms with Crippen LogP contribution in [0.25, 0.3) is 0 Å². The number of nitrogens with zero attached hydrogens (tertiary/aromatic N) is 2. The Morgan fingerprint density at radius 2 is 1.81 bits per heavy atom. The monoisotopic (exact) mass is 415 g/mol. The average Bonchev–Trinajstić information content (AvgIpc) is 2.64. The van der Waals surface area contributed by atoms with Crippen LogP contribution in [-0.2, 0) is 23.8 Å². The third-order valence-electron chi connectivity index (χ3n) is 3.58. The number of ether oxygens (including phenoxy) is 3. The molecule has 1 aromatic rings. The Bertz CT molecular complexity index is 703. The summed E-state index contributed by atoms with van der Waals surface area (Å²) in [6.45, 7) is 6.01. The van der Waals surface area contributed by atoms with Crippen LogP contribution in [0.5, 0.6) is 0 Å². The molecule has 148 valence electrons. The summed E-state index contributed by atoms with van der Waals surface area (Å²) in [5.74, 6) is -0.691. The Balaban J connectivity index is 2.29. The van der Waals surface area contributed by atoms with E-state index in [4.69, 9.17) is 25.8 Å². The molecule has 1 aliphatic rings. The SMILES string of the molecule is CCOC(=O)C(C(=O)OCC)=C(S)Nc1ccc(Cl)c(N2CCOCC2)n1. The lowest BCUT2D eigenvalue weighted by molar-refractivity contribution is -0.146. The number of thiol groups is 1. The largest absolute Gasteiger partial charge is 0.462 e. The van der Waals surface area contributed by atoms with E-state index in [1.54, 1.807) is 26.0 Å². The molecule has 27 heavy (non-hydrogen) atoms. The summed E-state index contributed by atoms with van der Waals surface area (Å²) in [5, 5.41) is 3.31. The summed E-state index contributed by atoms with van der Waals surface area (Å²) in [5.41, 5.74) is -0.327. The van der Waals surface area contributed by atoms with Crippen molar-refractivity contribution in [3.63, 3.8) is 0 Å². The molecule has 0 unspecified atom stereocenters. The van der Waals surface area contributed by atoms with Crippen molar-refractivity contribution in [3.8, 4) is 0 Å². The summed E-state index contributed by atoms with van der Waals surface area (Å²) in [6, 6.07) is 3.30. The Morgan fingerprint density at radius 1 is 1.22 bits per heavy atom. The standard InChI is InChI=1S/C17H22ClN3O5S/c1-3-25-16(22)13(17(23)26-4-2)15(27)20-12-6-5-11(18)14(19-12)21-7-9-24-10-8-21/h5-6,27H,3-4,7-10H2,1-2H3,(H,19,20). The molecule has 0 bridgehead atoms. The van der Waals surface area contributed by atoms with E-state index in [1.165, 1.54) is 0 Å². The minimum atomic E-state index is -0.823. The van der Waals surface area contributed by atoms with Crippen LogP contribution in [0.1, 0.15) is 13.8 Å². The van der Waals surface area contributed by atoms with Gasteiger partial charge in [0.1, 0.15) is 11.6 Å². The van der Waals surface area contributed by atoms with Gasteiger partial charge in [-0.05, 0) is 26.0 Å². The van der Waals surface area contributed by atoms with Gasteiger partial charge < -0.3 is 24.4 Å². The quantitative estimate of drug-likeness (QED) is 0.230. The first-order valence-corrected chi connectivity index (χ1v) is 9.34. The molecule has 0 radical (unpaired) electrons. The second kappa shape index (κ2) is 10.4. The van der Waals surface area contributed by atoms with Crippen molar-refractivity contribution >= 4 is 47.8 Å². The highest BCUT2D eigenvalue weighted by atomic mass is 35.5. The highest BCUT2D eigenvalue weighted by molar-refractivity contribution is 7.84. The van der Waals surface area contributed by atoms with Gasteiger partial charge in [-0.1, -0.05) is 11.6 Å². The van der Waals surface area contributed by atoms with E-state index in [1.807, 2.05) is 4.90 Å². The summed E-state index contributed by atoms with van der Waals surface area (Å²) in [4.78, 5) is 30.7. The van der Waals surface area contributed by atoms with Gasteiger partial charge in [-0.15, -0.1) is 12.6 Å². The van der Waals surface area contributed by atoms with E-state index in [0.717, 1.165) is 0 Å². The first-order valence-electron chi connectivity index (χ1n) is 8.51. The molecule has 2 heterocycles. The van der Waals surface area contributed by atoms with Crippen LogP contribution < -0.4 is 10.2 Å².